The largest absolute Gasteiger partial charge is 0.317 e. The Hall–Kier alpha value is -1.63. The van der Waals surface area contributed by atoms with Crippen LogP contribution >= 0.6 is 15.9 Å². The zero-order valence-corrected chi connectivity index (χ0v) is 13.2. The first-order valence-electron chi connectivity index (χ1n) is 5.83. The lowest BCUT2D eigenvalue weighted by Gasteiger charge is -2.06. The van der Waals surface area contributed by atoms with Gasteiger partial charge in [-0.25, -0.2) is 0 Å². The molecule has 2 aromatic heterocycles. The minimum atomic E-state index is -0.200. The number of aryl methyl sites for hydroxylation is 4. The van der Waals surface area contributed by atoms with E-state index >= 15 is 0 Å². The fraction of sp³-hybridized carbons (Fsp3) is 0.417. The van der Waals surface area contributed by atoms with Crippen molar-refractivity contribution in [2.45, 2.75) is 20.8 Å². The first-order valence-corrected chi connectivity index (χ1v) is 6.62. The van der Waals surface area contributed by atoms with Crippen molar-refractivity contribution < 1.29 is 4.79 Å². The SMILES string of the molecule is Cc1nn(C)c(C(=O)Nc2c(C)nn(C)c2C)c1Br. The molecular formula is C12H16BrN5O. The summed E-state index contributed by atoms with van der Waals surface area (Å²) in [6.07, 6.45) is 0. The van der Waals surface area contributed by atoms with Gasteiger partial charge in [0.1, 0.15) is 5.69 Å². The number of halogens is 1. The van der Waals surface area contributed by atoms with E-state index in [1.807, 2.05) is 27.8 Å². The molecule has 7 heteroatoms. The summed E-state index contributed by atoms with van der Waals surface area (Å²) in [6.45, 7) is 5.63. The zero-order valence-electron chi connectivity index (χ0n) is 11.6. The molecule has 6 nitrogen and oxygen atoms in total. The highest BCUT2D eigenvalue weighted by atomic mass is 79.9. The van der Waals surface area contributed by atoms with Crippen LogP contribution in [0.1, 0.15) is 27.6 Å². The van der Waals surface area contributed by atoms with Gasteiger partial charge in [0.05, 0.1) is 27.2 Å². The molecule has 0 radical (unpaired) electrons. The van der Waals surface area contributed by atoms with Crippen LogP contribution < -0.4 is 5.32 Å². The van der Waals surface area contributed by atoms with E-state index in [0.717, 1.165) is 22.8 Å². The van der Waals surface area contributed by atoms with Crippen molar-refractivity contribution in [1.29, 1.82) is 0 Å². The number of aromatic nitrogens is 4. The van der Waals surface area contributed by atoms with Crippen molar-refractivity contribution >= 4 is 27.5 Å². The van der Waals surface area contributed by atoms with Crippen LogP contribution in [0.15, 0.2) is 4.47 Å². The topological polar surface area (TPSA) is 64.7 Å². The van der Waals surface area contributed by atoms with Gasteiger partial charge in [0.2, 0.25) is 0 Å². The Morgan fingerprint density at radius 3 is 2.11 bits per heavy atom. The molecule has 2 heterocycles. The van der Waals surface area contributed by atoms with Crippen molar-refractivity contribution in [1.82, 2.24) is 19.6 Å². The third-order valence-electron chi connectivity index (χ3n) is 3.11. The van der Waals surface area contributed by atoms with Crippen molar-refractivity contribution in [2.24, 2.45) is 14.1 Å². The molecule has 1 N–H and O–H groups in total. The van der Waals surface area contributed by atoms with Gasteiger partial charge in [-0.15, -0.1) is 0 Å². The van der Waals surface area contributed by atoms with E-state index in [1.54, 1.807) is 16.4 Å². The van der Waals surface area contributed by atoms with Gasteiger partial charge in [0.25, 0.3) is 5.91 Å². The normalized spacial score (nSPS) is 10.8. The molecule has 102 valence electrons. The Morgan fingerprint density at radius 2 is 1.68 bits per heavy atom. The van der Waals surface area contributed by atoms with E-state index in [4.69, 9.17) is 0 Å². The van der Waals surface area contributed by atoms with Gasteiger partial charge in [0.15, 0.2) is 0 Å². The zero-order chi connectivity index (χ0) is 14.3. The van der Waals surface area contributed by atoms with E-state index in [9.17, 15) is 4.79 Å². The fourth-order valence-electron chi connectivity index (χ4n) is 2.01. The maximum atomic E-state index is 12.3. The summed E-state index contributed by atoms with van der Waals surface area (Å²) in [4.78, 5) is 12.3. The summed E-state index contributed by atoms with van der Waals surface area (Å²) in [5, 5.41) is 11.4. The summed E-state index contributed by atoms with van der Waals surface area (Å²) in [5.74, 6) is -0.200. The Balaban J connectivity index is 2.36. The van der Waals surface area contributed by atoms with Crippen LogP contribution in [0.25, 0.3) is 0 Å². The monoisotopic (exact) mass is 325 g/mol. The van der Waals surface area contributed by atoms with Crippen LogP contribution in [0, 0.1) is 20.8 Å². The maximum absolute atomic E-state index is 12.3. The van der Waals surface area contributed by atoms with Gasteiger partial charge in [-0.3, -0.25) is 14.2 Å². The van der Waals surface area contributed by atoms with Crippen LogP contribution in [0.2, 0.25) is 0 Å². The molecule has 0 unspecified atom stereocenters. The van der Waals surface area contributed by atoms with Gasteiger partial charge in [-0.1, -0.05) is 0 Å². The van der Waals surface area contributed by atoms with Gasteiger partial charge in [-0.05, 0) is 36.7 Å². The number of hydrogen-bond donors (Lipinski definition) is 1. The number of nitrogens with zero attached hydrogens (tertiary/aromatic N) is 4. The smallest absolute Gasteiger partial charge is 0.275 e. The predicted molar refractivity (Wildman–Crippen MR) is 76.3 cm³/mol. The molecular weight excluding hydrogens is 310 g/mol. The second-order valence-corrected chi connectivity index (χ2v) is 5.29. The van der Waals surface area contributed by atoms with E-state index in [1.165, 1.54) is 0 Å². The molecule has 1 amide bonds. The third-order valence-corrected chi connectivity index (χ3v) is 4.06. The Morgan fingerprint density at radius 1 is 1.11 bits per heavy atom. The second kappa shape index (κ2) is 4.80. The molecule has 0 aliphatic rings. The molecule has 2 rings (SSSR count). The minimum Gasteiger partial charge on any atom is -0.317 e. The van der Waals surface area contributed by atoms with E-state index in [-0.39, 0.29) is 5.91 Å². The Bertz CT molecular complexity index is 656. The maximum Gasteiger partial charge on any atom is 0.275 e. The summed E-state index contributed by atoms with van der Waals surface area (Å²) >= 11 is 3.39. The summed E-state index contributed by atoms with van der Waals surface area (Å²) in [5.41, 5.74) is 3.75. The van der Waals surface area contributed by atoms with Gasteiger partial charge in [-0.2, -0.15) is 10.2 Å². The number of carbonyl (C=O) groups is 1. The van der Waals surface area contributed by atoms with Crippen molar-refractivity contribution in [3.63, 3.8) is 0 Å². The number of anilines is 1. The quantitative estimate of drug-likeness (QED) is 0.919. The van der Waals surface area contributed by atoms with Crippen molar-refractivity contribution in [3.05, 3.63) is 27.2 Å². The van der Waals surface area contributed by atoms with Crippen molar-refractivity contribution in [2.75, 3.05) is 5.32 Å². The van der Waals surface area contributed by atoms with E-state index in [0.29, 0.717) is 10.2 Å². The average Bonchev–Trinajstić information content (AvgIpc) is 2.70. The number of carbonyl (C=O) groups excluding carboxylic acids is 1. The molecule has 0 aliphatic carbocycles. The standard InChI is InChI=1S/C12H16BrN5O/c1-6-9(13)11(18(5)15-6)12(19)14-10-7(2)16-17(4)8(10)3/h1-5H3,(H,14,19). The lowest BCUT2D eigenvalue weighted by atomic mass is 10.3. The lowest BCUT2D eigenvalue weighted by molar-refractivity contribution is 0.101. The van der Waals surface area contributed by atoms with Gasteiger partial charge >= 0.3 is 0 Å². The van der Waals surface area contributed by atoms with E-state index in [2.05, 4.69) is 31.4 Å². The highest BCUT2D eigenvalue weighted by molar-refractivity contribution is 9.10. The number of rotatable bonds is 2. The molecule has 0 aliphatic heterocycles. The molecule has 0 atom stereocenters. The molecule has 0 aromatic carbocycles. The summed E-state index contributed by atoms with van der Waals surface area (Å²) in [7, 11) is 3.59. The molecule has 0 fully saturated rings. The lowest BCUT2D eigenvalue weighted by Crippen LogP contribution is -2.17. The third kappa shape index (κ3) is 2.30. The minimum absolute atomic E-state index is 0.200. The van der Waals surface area contributed by atoms with Crippen LogP contribution in [-0.4, -0.2) is 25.5 Å². The second-order valence-electron chi connectivity index (χ2n) is 4.50. The fourth-order valence-corrected chi connectivity index (χ4v) is 2.52. The van der Waals surface area contributed by atoms with Crippen molar-refractivity contribution in [3.8, 4) is 0 Å². The van der Waals surface area contributed by atoms with Crippen LogP contribution in [0.5, 0.6) is 0 Å². The first-order chi connectivity index (χ1) is 8.82. The summed E-state index contributed by atoms with van der Waals surface area (Å²) < 4.78 is 4.02. The molecule has 2 aromatic rings. The molecule has 0 spiro atoms. The Labute approximate surface area is 119 Å². The predicted octanol–water partition coefficient (Wildman–Crippen LogP) is 2.09. The van der Waals surface area contributed by atoms with Crippen LogP contribution in [0.3, 0.4) is 0 Å². The molecule has 19 heavy (non-hydrogen) atoms. The Kier molecular flexibility index (Phi) is 3.49. The van der Waals surface area contributed by atoms with Gasteiger partial charge in [0, 0.05) is 14.1 Å². The molecule has 0 saturated heterocycles. The highest BCUT2D eigenvalue weighted by Crippen LogP contribution is 2.23. The van der Waals surface area contributed by atoms with E-state index < -0.39 is 0 Å². The molecule has 0 saturated carbocycles. The van der Waals surface area contributed by atoms with Crippen LogP contribution in [0.4, 0.5) is 5.69 Å². The number of nitrogens with one attached hydrogen (secondary N) is 1. The molecule has 0 bridgehead atoms. The summed E-state index contributed by atoms with van der Waals surface area (Å²) in [6, 6.07) is 0. The number of hydrogen-bond acceptors (Lipinski definition) is 3. The average molecular weight is 326 g/mol. The highest BCUT2D eigenvalue weighted by Gasteiger charge is 2.20. The van der Waals surface area contributed by atoms with Crippen LogP contribution in [-0.2, 0) is 14.1 Å². The number of amides is 1. The first kappa shape index (κ1) is 13.8. The van der Waals surface area contributed by atoms with Gasteiger partial charge < -0.3 is 5.32 Å².